The number of nitrogens with two attached hydrogens (primary N) is 1. The number of nitrogens with zero attached hydrogens (tertiary/aromatic N) is 1. The Morgan fingerprint density at radius 1 is 1.67 bits per heavy atom. The Kier molecular flexibility index (Phi) is 3.47. The molecule has 0 aliphatic heterocycles. The summed E-state index contributed by atoms with van der Waals surface area (Å²) in [4.78, 5) is 15.3. The molecule has 5 heteroatoms. The van der Waals surface area contributed by atoms with Crippen molar-refractivity contribution >= 4 is 5.91 Å². The highest BCUT2D eigenvalue weighted by Crippen LogP contribution is 2.02. The van der Waals surface area contributed by atoms with Gasteiger partial charge in [0.05, 0.1) is 6.20 Å². The molecule has 0 radical (unpaired) electrons. The summed E-state index contributed by atoms with van der Waals surface area (Å²) >= 11 is 0. The van der Waals surface area contributed by atoms with Crippen molar-refractivity contribution in [3.63, 3.8) is 0 Å². The second-order valence-electron chi connectivity index (χ2n) is 4.31. The Morgan fingerprint density at radius 3 is 2.80 bits per heavy atom. The van der Waals surface area contributed by atoms with Gasteiger partial charge in [0.15, 0.2) is 0 Å². The van der Waals surface area contributed by atoms with E-state index in [1.54, 1.807) is 13.1 Å². The number of carbonyl (C=O) groups is 1. The van der Waals surface area contributed by atoms with E-state index in [0.717, 1.165) is 0 Å². The van der Waals surface area contributed by atoms with Gasteiger partial charge in [0.2, 0.25) is 11.8 Å². The van der Waals surface area contributed by atoms with Crippen molar-refractivity contribution in [1.82, 2.24) is 10.3 Å². The third-order valence-electron chi connectivity index (χ3n) is 1.72. The van der Waals surface area contributed by atoms with Crippen LogP contribution in [0.25, 0.3) is 0 Å². The van der Waals surface area contributed by atoms with Crippen molar-refractivity contribution in [2.24, 2.45) is 5.73 Å². The molecule has 0 aliphatic rings. The maximum atomic E-state index is 11.4. The van der Waals surface area contributed by atoms with Crippen LogP contribution in [0.1, 0.15) is 25.5 Å². The minimum atomic E-state index is -0.401. The minimum Gasteiger partial charge on any atom is -0.445 e. The van der Waals surface area contributed by atoms with E-state index in [4.69, 9.17) is 10.2 Å². The number of hydrogen-bond acceptors (Lipinski definition) is 4. The molecule has 0 saturated carbocycles. The van der Waals surface area contributed by atoms with Crippen LogP contribution >= 0.6 is 0 Å². The second kappa shape index (κ2) is 4.44. The lowest BCUT2D eigenvalue weighted by molar-refractivity contribution is -0.120. The van der Waals surface area contributed by atoms with Gasteiger partial charge in [0, 0.05) is 12.1 Å². The standard InChI is InChI=1S/C10H17N3O2/c1-7-5-12-9(15-7)4-8(14)13-6-10(2,3)11/h5H,4,6,11H2,1-3H3,(H,13,14). The molecule has 0 fully saturated rings. The molecule has 0 aliphatic carbocycles. The SMILES string of the molecule is Cc1cnc(CC(=O)NCC(C)(C)N)o1. The van der Waals surface area contributed by atoms with Crippen LogP contribution in [0, 0.1) is 6.92 Å². The molecule has 1 heterocycles. The number of aryl methyl sites for hydroxylation is 1. The first-order valence-electron chi connectivity index (χ1n) is 4.84. The Hall–Kier alpha value is -1.36. The van der Waals surface area contributed by atoms with Crippen LogP contribution in [0.2, 0.25) is 0 Å². The predicted molar refractivity (Wildman–Crippen MR) is 56.2 cm³/mol. The molecule has 84 valence electrons. The molecule has 0 spiro atoms. The molecule has 15 heavy (non-hydrogen) atoms. The molecule has 1 aromatic rings. The summed E-state index contributed by atoms with van der Waals surface area (Å²) in [5, 5.41) is 2.72. The Balaban J connectivity index is 2.37. The van der Waals surface area contributed by atoms with E-state index >= 15 is 0 Å². The number of aromatic nitrogens is 1. The smallest absolute Gasteiger partial charge is 0.229 e. The average Bonchev–Trinajstić information content (AvgIpc) is 2.47. The zero-order valence-electron chi connectivity index (χ0n) is 9.33. The van der Waals surface area contributed by atoms with E-state index in [-0.39, 0.29) is 12.3 Å². The first kappa shape index (κ1) is 11.7. The first-order valence-corrected chi connectivity index (χ1v) is 4.84. The van der Waals surface area contributed by atoms with Crippen LogP contribution in [0.3, 0.4) is 0 Å². The summed E-state index contributed by atoms with van der Waals surface area (Å²) in [6.07, 6.45) is 1.75. The number of hydrogen-bond donors (Lipinski definition) is 2. The molecule has 0 saturated heterocycles. The quantitative estimate of drug-likeness (QED) is 0.754. The lowest BCUT2D eigenvalue weighted by Gasteiger charge is -2.18. The van der Waals surface area contributed by atoms with Gasteiger partial charge in [-0.2, -0.15) is 0 Å². The van der Waals surface area contributed by atoms with Gasteiger partial charge in [0.25, 0.3) is 0 Å². The van der Waals surface area contributed by atoms with Gasteiger partial charge in [-0.3, -0.25) is 4.79 Å². The fraction of sp³-hybridized carbons (Fsp3) is 0.600. The number of carbonyl (C=O) groups excluding carboxylic acids is 1. The van der Waals surface area contributed by atoms with Gasteiger partial charge in [0.1, 0.15) is 12.2 Å². The normalized spacial score (nSPS) is 11.5. The van der Waals surface area contributed by atoms with E-state index in [9.17, 15) is 4.79 Å². The van der Waals surface area contributed by atoms with Crippen LogP contribution in [-0.2, 0) is 11.2 Å². The zero-order valence-corrected chi connectivity index (χ0v) is 9.33. The van der Waals surface area contributed by atoms with Crippen LogP contribution in [0.15, 0.2) is 10.6 Å². The number of nitrogens with one attached hydrogen (secondary N) is 1. The topological polar surface area (TPSA) is 81.2 Å². The highest BCUT2D eigenvalue weighted by molar-refractivity contribution is 5.77. The van der Waals surface area contributed by atoms with E-state index in [0.29, 0.717) is 18.2 Å². The summed E-state index contributed by atoms with van der Waals surface area (Å²) in [7, 11) is 0. The number of amides is 1. The van der Waals surface area contributed by atoms with Crippen LogP contribution in [0.5, 0.6) is 0 Å². The van der Waals surface area contributed by atoms with Gasteiger partial charge < -0.3 is 15.5 Å². The molecule has 0 aromatic carbocycles. The molecule has 1 amide bonds. The molecule has 1 rings (SSSR count). The van der Waals surface area contributed by atoms with Gasteiger partial charge >= 0.3 is 0 Å². The first-order chi connectivity index (χ1) is 6.87. The molecule has 0 bridgehead atoms. The molecule has 0 unspecified atom stereocenters. The van der Waals surface area contributed by atoms with Crippen molar-refractivity contribution < 1.29 is 9.21 Å². The summed E-state index contributed by atoms with van der Waals surface area (Å²) in [6, 6.07) is 0. The van der Waals surface area contributed by atoms with E-state index in [1.807, 2.05) is 13.8 Å². The zero-order chi connectivity index (χ0) is 11.5. The third kappa shape index (κ3) is 4.60. The predicted octanol–water partition coefficient (Wildman–Crippen LogP) is 0.379. The maximum absolute atomic E-state index is 11.4. The van der Waals surface area contributed by atoms with Crippen molar-refractivity contribution in [2.75, 3.05) is 6.54 Å². The Labute approximate surface area is 89.1 Å². The molecule has 1 aromatic heterocycles. The van der Waals surface area contributed by atoms with E-state index in [1.165, 1.54) is 0 Å². The fourth-order valence-electron chi connectivity index (χ4n) is 1.01. The Bertz CT molecular complexity index is 339. The summed E-state index contributed by atoms with van der Waals surface area (Å²) in [5.41, 5.74) is 5.33. The van der Waals surface area contributed by atoms with Crippen molar-refractivity contribution in [3.05, 3.63) is 17.8 Å². The fourth-order valence-corrected chi connectivity index (χ4v) is 1.01. The van der Waals surface area contributed by atoms with Crippen LogP contribution < -0.4 is 11.1 Å². The number of rotatable bonds is 4. The molecular formula is C10H17N3O2. The minimum absolute atomic E-state index is 0.129. The third-order valence-corrected chi connectivity index (χ3v) is 1.72. The maximum Gasteiger partial charge on any atom is 0.229 e. The van der Waals surface area contributed by atoms with E-state index in [2.05, 4.69) is 10.3 Å². The second-order valence-corrected chi connectivity index (χ2v) is 4.31. The van der Waals surface area contributed by atoms with Gasteiger partial charge in [-0.15, -0.1) is 0 Å². The Morgan fingerprint density at radius 2 is 2.33 bits per heavy atom. The van der Waals surface area contributed by atoms with Gasteiger partial charge in [-0.25, -0.2) is 4.98 Å². The van der Waals surface area contributed by atoms with Crippen molar-refractivity contribution in [3.8, 4) is 0 Å². The highest BCUT2D eigenvalue weighted by atomic mass is 16.4. The highest BCUT2D eigenvalue weighted by Gasteiger charge is 2.13. The molecule has 0 atom stereocenters. The van der Waals surface area contributed by atoms with Gasteiger partial charge in [-0.05, 0) is 20.8 Å². The van der Waals surface area contributed by atoms with E-state index < -0.39 is 5.54 Å². The summed E-state index contributed by atoms with van der Waals surface area (Å²) < 4.78 is 5.18. The number of oxazole rings is 1. The summed E-state index contributed by atoms with van der Waals surface area (Å²) in [6.45, 7) is 5.92. The average molecular weight is 211 g/mol. The summed E-state index contributed by atoms with van der Waals surface area (Å²) in [5.74, 6) is 1.01. The lowest BCUT2D eigenvalue weighted by Crippen LogP contribution is -2.45. The van der Waals surface area contributed by atoms with Crippen LogP contribution in [0.4, 0.5) is 0 Å². The van der Waals surface area contributed by atoms with Crippen molar-refractivity contribution in [2.45, 2.75) is 32.7 Å². The monoisotopic (exact) mass is 211 g/mol. The lowest BCUT2D eigenvalue weighted by atomic mass is 10.1. The largest absolute Gasteiger partial charge is 0.445 e. The molecule has 5 nitrogen and oxygen atoms in total. The molecule has 3 N–H and O–H groups in total. The van der Waals surface area contributed by atoms with Crippen LogP contribution in [-0.4, -0.2) is 23.0 Å². The molecular weight excluding hydrogens is 194 g/mol. The van der Waals surface area contributed by atoms with Crippen molar-refractivity contribution in [1.29, 1.82) is 0 Å². The van der Waals surface area contributed by atoms with Gasteiger partial charge in [-0.1, -0.05) is 0 Å².